The number of anilines is 1. The first-order valence-corrected chi connectivity index (χ1v) is 8.22. The van der Waals surface area contributed by atoms with E-state index in [1.54, 1.807) is 0 Å². The average molecular weight is 352 g/mol. The lowest BCUT2D eigenvalue weighted by Crippen LogP contribution is -2.12. The monoisotopic (exact) mass is 352 g/mol. The van der Waals surface area contributed by atoms with Crippen LogP contribution in [0.3, 0.4) is 0 Å². The minimum absolute atomic E-state index is 0.0811. The Kier molecular flexibility index (Phi) is 4.93. The number of ether oxygens (including phenoxy) is 2. The summed E-state index contributed by atoms with van der Waals surface area (Å²) in [4.78, 5) is 22.8. The zero-order valence-corrected chi connectivity index (χ0v) is 14.1. The van der Waals surface area contributed by atoms with Gasteiger partial charge in [-0.25, -0.2) is 18.0 Å². The molecule has 24 heavy (non-hydrogen) atoms. The Balaban J connectivity index is 2.25. The number of aromatic nitrogens is 1. The first-order valence-electron chi connectivity index (χ1n) is 6.74. The molecule has 8 nitrogen and oxygen atoms in total. The molecule has 0 aliphatic rings. The number of carbonyl (C=O) groups excluding carboxylic acids is 2. The summed E-state index contributed by atoms with van der Waals surface area (Å²) in [6, 6.07) is 6.97. The first kappa shape index (κ1) is 17.5. The van der Waals surface area contributed by atoms with Crippen LogP contribution >= 0.6 is 0 Å². The van der Waals surface area contributed by atoms with Crippen molar-refractivity contribution in [3.05, 3.63) is 47.8 Å². The third-order valence-electron chi connectivity index (χ3n) is 3.24. The zero-order chi connectivity index (χ0) is 17.9. The fourth-order valence-corrected chi connectivity index (χ4v) is 3.12. The number of nitrogens with one attached hydrogen (secondary N) is 1. The predicted molar refractivity (Wildman–Crippen MR) is 85.3 cm³/mol. The fourth-order valence-electron chi connectivity index (χ4n) is 1.99. The van der Waals surface area contributed by atoms with Crippen LogP contribution in [0.1, 0.15) is 20.8 Å². The number of nitrogens with zero attached hydrogens (tertiary/aromatic N) is 1. The van der Waals surface area contributed by atoms with E-state index >= 15 is 0 Å². The lowest BCUT2D eigenvalue weighted by Gasteiger charge is -2.07. The van der Waals surface area contributed by atoms with Gasteiger partial charge in [-0.2, -0.15) is 0 Å². The number of hydrogen-bond acceptors (Lipinski definition) is 6. The van der Waals surface area contributed by atoms with Gasteiger partial charge in [-0.1, -0.05) is 0 Å². The van der Waals surface area contributed by atoms with Crippen molar-refractivity contribution in [2.45, 2.75) is 4.90 Å². The molecule has 1 aromatic carbocycles. The average Bonchev–Trinajstić information content (AvgIpc) is 2.96. The van der Waals surface area contributed by atoms with Crippen LogP contribution in [0.5, 0.6) is 0 Å². The van der Waals surface area contributed by atoms with E-state index in [4.69, 9.17) is 0 Å². The Morgan fingerprint density at radius 3 is 2.17 bits per heavy atom. The minimum atomic E-state index is -3.89. The topological polar surface area (TPSA) is 104 Å². The van der Waals surface area contributed by atoms with Crippen LogP contribution in [0.4, 0.5) is 5.69 Å². The number of sulfonamides is 1. The van der Waals surface area contributed by atoms with E-state index in [2.05, 4.69) is 14.2 Å². The highest BCUT2D eigenvalue weighted by atomic mass is 32.2. The quantitative estimate of drug-likeness (QED) is 0.816. The summed E-state index contributed by atoms with van der Waals surface area (Å²) in [5.74, 6) is -1.16. The van der Waals surface area contributed by atoms with Crippen molar-refractivity contribution in [1.82, 2.24) is 4.57 Å². The Labute approximate surface area is 139 Å². The van der Waals surface area contributed by atoms with Gasteiger partial charge in [0.1, 0.15) is 10.6 Å². The highest BCUT2D eigenvalue weighted by Crippen LogP contribution is 2.19. The molecule has 0 amide bonds. The summed E-state index contributed by atoms with van der Waals surface area (Å²) in [7, 11) is 0.118. The van der Waals surface area contributed by atoms with Crippen molar-refractivity contribution >= 4 is 27.6 Å². The molecule has 0 aliphatic carbocycles. The lowest BCUT2D eigenvalue weighted by atomic mass is 10.2. The highest BCUT2D eigenvalue weighted by Gasteiger charge is 2.21. The molecule has 0 bridgehead atoms. The molecular weight excluding hydrogens is 336 g/mol. The summed E-state index contributed by atoms with van der Waals surface area (Å²) in [5, 5.41) is 0. The number of methoxy groups -OCH3 is 2. The van der Waals surface area contributed by atoms with Crippen molar-refractivity contribution in [3.8, 4) is 0 Å². The van der Waals surface area contributed by atoms with Gasteiger partial charge in [0.15, 0.2) is 0 Å². The minimum Gasteiger partial charge on any atom is -0.465 e. The van der Waals surface area contributed by atoms with Gasteiger partial charge in [0, 0.05) is 18.9 Å². The molecule has 0 atom stereocenters. The summed E-state index contributed by atoms with van der Waals surface area (Å²) in [5.41, 5.74) is 0.679. The van der Waals surface area contributed by atoms with Gasteiger partial charge in [-0.3, -0.25) is 4.72 Å². The molecule has 0 saturated heterocycles. The Bertz CT molecular complexity index is 868. The molecule has 2 rings (SSSR count). The molecule has 1 N–H and O–H groups in total. The predicted octanol–water partition coefficient (Wildman–Crippen LogP) is 1.40. The van der Waals surface area contributed by atoms with Gasteiger partial charge in [0.25, 0.3) is 10.0 Å². The Morgan fingerprint density at radius 2 is 1.62 bits per heavy atom. The largest absolute Gasteiger partial charge is 0.465 e. The summed E-state index contributed by atoms with van der Waals surface area (Å²) in [6.07, 6.45) is 1.30. The highest BCUT2D eigenvalue weighted by molar-refractivity contribution is 7.92. The van der Waals surface area contributed by atoms with E-state index in [1.807, 2.05) is 0 Å². The van der Waals surface area contributed by atoms with Gasteiger partial charge < -0.3 is 14.0 Å². The summed E-state index contributed by atoms with van der Waals surface area (Å²) < 4.78 is 37.7. The van der Waals surface area contributed by atoms with Crippen LogP contribution in [0.25, 0.3) is 0 Å². The van der Waals surface area contributed by atoms with Crippen molar-refractivity contribution in [2.75, 3.05) is 18.9 Å². The molecule has 0 saturated carbocycles. The van der Waals surface area contributed by atoms with E-state index in [9.17, 15) is 18.0 Å². The lowest BCUT2D eigenvalue weighted by molar-refractivity contribution is 0.0585. The molecule has 1 heterocycles. The van der Waals surface area contributed by atoms with Crippen LogP contribution < -0.4 is 4.72 Å². The third kappa shape index (κ3) is 3.57. The zero-order valence-electron chi connectivity index (χ0n) is 13.3. The number of hydrogen-bond donors (Lipinski definition) is 1. The second kappa shape index (κ2) is 6.75. The molecule has 0 radical (unpaired) electrons. The maximum Gasteiger partial charge on any atom is 0.354 e. The van der Waals surface area contributed by atoms with E-state index < -0.39 is 22.0 Å². The molecule has 1 aromatic heterocycles. The molecule has 2 aromatic rings. The van der Waals surface area contributed by atoms with Gasteiger partial charge in [0.05, 0.1) is 19.8 Å². The van der Waals surface area contributed by atoms with Crippen LogP contribution in [0.15, 0.2) is 41.4 Å². The Hall–Kier alpha value is -2.81. The molecule has 0 unspecified atom stereocenters. The molecule has 9 heteroatoms. The molecule has 0 aliphatic heterocycles. The number of benzene rings is 1. The van der Waals surface area contributed by atoms with E-state index in [0.717, 1.165) is 0 Å². The second-order valence-corrected chi connectivity index (χ2v) is 6.52. The van der Waals surface area contributed by atoms with Gasteiger partial charge in [-0.15, -0.1) is 0 Å². The fraction of sp³-hybridized carbons (Fsp3) is 0.200. The van der Waals surface area contributed by atoms with E-state index in [1.165, 1.54) is 62.4 Å². The standard InChI is InChI=1S/C15H16N2O6S/c1-17-9-12(8-13(17)15(19)23-3)24(20,21)16-11-6-4-10(5-7-11)14(18)22-2/h4-9,16H,1-3H3. The van der Waals surface area contributed by atoms with E-state index in [0.29, 0.717) is 5.56 Å². The van der Waals surface area contributed by atoms with Crippen molar-refractivity contribution < 1.29 is 27.5 Å². The summed E-state index contributed by atoms with van der Waals surface area (Å²) in [6.45, 7) is 0. The molecule has 128 valence electrons. The first-order chi connectivity index (χ1) is 11.3. The maximum atomic E-state index is 12.4. The van der Waals surface area contributed by atoms with Crippen LogP contribution in [-0.2, 0) is 26.5 Å². The SMILES string of the molecule is COC(=O)c1ccc(NS(=O)(=O)c2cc(C(=O)OC)n(C)c2)cc1. The number of esters is 2. The van der Waals surface area contributed by atoms with Crippen molar-refractivity contribution in [2.24, 2.45) is 7.05 Å². The maximum absolute atomic E-state index is 12.4. The van der Waals surface area contributed by atoms with Gasteiger partial charge >= 0.3 is 11.9 Å². The molecular formula is C15H16N2O6S. The smallest absolute Gasteiger partial charge is 0.354 e. The Morgan fingerprint density at radius 1 is 1.04 bits per heavy atom. The number of aryl methyl sites for hydroxylation is 1. The number of carbonyl (C=O) groups is 2. The van der Waals surface area contributed by atoms with Crippen LogP contribution in [0, 0.1) is 0 Å². The normalized spacial score (nSPS) is 11.0. The van der Waals surface area contributed by atoms with Crippen LogP contribution in [0.2, 0.25) is 0 Å². The van der Waals surface area contributed by atoms with E-state index in [-0.39, 0.29) is 16.3 Å². The molecule has 0 spiro atoms. The van der Waals surface area contributed by atoms with Crippen molar-refractivity contribution in [1.29, 1.82) is 0 Å². The third-order valence-corrected chi connectivity index (χ3v) is 4.59. The summed E-state index contributed by atoms with van der Waals surface area (Å²) >= 11 is 0. The molecule has 0 fully saturated rings. The number of rotatable bonds is 5. The van der Waals surface area contributed by atoms with Crippen LogP contribution in [-0.4, -0.2) is 39.1 Å². The van der Waals surface area contributed by atoms with Crippen molar-refractivity contribution in [3.63, 3.8) is 0 Å². The van der Waals surface area contributed by atoms with Gasteiger partial charge in [-0.05, 0) is 30.3 Å². The second-order valence-electron chi connectivity index (χ2n) is 4.84. The van der Waals surface area contributed by atoms with Gasteiger partial charge in [0.2, 0.25) is 0 Å².